The molecular weight excluding hydrogens is 192 g/mol. The predicted octanol–water partition coefficient (Wildman–Crippen LogP) is 1.41. The van der Waals surface area contributed by atoms with E-state index < -0.39 is 0 Å². The molecule has 0 aliphatic rings. The number of unbranched alkanes of at least 4 members (excludes halogenated alkanes) is 1. The minimum absolute atomic E-state index is 0.0223. The van der Waals surface area contributed by atoms with Gasteiger partial charge in [0.25, 0.3) is 0 Å². The molecule has 0 fully saturated rings. The summed E-state index contributed by atoms with van der Waals surface area (Å²) in [5.41, 5.74) is 0. The van der Waals surface area contributed by atoms with Crippen molar-refractivity contribution in [2.75, 3.05) is 7.05 Å². The lowest BCUT2D eigenvalue weighted by atomic mass is 10.2. The summed E-state index contributed by atoms with van der Waals surface area (Å²) in [6.07, 6.45) is 5.13. The molecule has 0 aromatic rings. The third kappa shape index (κ3) is 6.49. The SMILES string of the molecule is C=CNC(=O)CCCCC(=O)N(C)C=C. The Labute approximate surface area is 90.6 Å². The first-order valence-corrected chi connectivity index (χ1v) is 4.90. The molecule has 0 aromatic carbocycles. The summed E-state index contributed by atoms with van der Waals surface area (Å²) in [6.45, 7) is 6.88. The topological polar surface area (TPSA) is 49.4 Å². The second kappa shape index (κ2) is 7.79. The van der Waals surface area contributed by atoms with Crippen LogP contribution in [-0.4, -0.2) is 23.8 Å². The Morgan fingerprint density at radius 3 is 2.40 bits per heavy atom. The van der Waals surface area contributed by atoms with Gasteiger partial charge in [-0.2, -0.15) is 0 Å². The van der Waals surface area contributed by atoms with Crippen molar-refractivity contribution in [1.29, 1.82) is 0 Å². The van der Waals surface area contributed by atoms with E-state index in [4.69, 9.17) is 0 Å². The Kier molecular flexibility index (Phi) is 6.97. The quantitative estimate of drug-likeness (QED) is 0.646. The molecule has 0 saturated heterocycles. The molecule has 0 aliphatic carbocycles. The molecule has 4 heteroatoms. The summed E-state index contributed by atoms with van der Waals surface area (Å²) < 4.78 is 0. The molecule has 0 spiro atoms. The summed E-state index contributed by atoms with van der Waals surface area (Å²) in [6, 6.07) is 0. The highest BCUT2D eigenvalue weighted by molar-refractivity contribution is 5.77. The zero-order valence-corrected chi connectivity index (χ0v) is 9.16. The van der Waals surface area contributed by atoms with E-state index >= 15 is 0 Å². The third-order valence-corrected chi connectivity index (χ3v) is 1.97. The van der Waals surface area contributed by atoms with E-state index in [0.29, 0.717) is 25.7 Å². The average Bonchev–Trinajstić information content (AvgIpc) is 2.23. The number of hydrogen-bond acceptors (Lipinski definition) is 2. The van der Waals surface area contributed by atoms with Crippen LogP contribution in [0.3, 0.4) is 0 Å². The summed E-state index contributed by atoms with van der Waals surface area (Å²) in [5, 5.41) is 2.48. The molecule has 2 amide bonds. The maximum absolute atomic E-state index is 11.3. The molecule has 0 heterocycles. The minimum atomic E-state index is -0.0606. The van der Waals surface area contributed by atoms with Crippen molar-refractivity contribution in [3.63, 3.8) is 0 Å². The van der Waals surface area contributed by atoms with E-state index in [0.717, 1.165) is 0 Å². The van der Waals surface area contributed by atoms with Crippen LogP contribution in [0.5, 0.6) is 0 Å². The monoisotopic (exact) mass is 210 g/mol. The van der Waals surface area contributed by atoms with Crippen molar-refractivity contribution in [2.45, 2.75) is 25.7 Å². The third-order valence-electron chi connectivity index (χ3n) is 1.97. The molecule has 0 radical (unpaired) electrons. The van der Waals surface area contributed by atoms with Crippen LogP contribution in [0.25, 0.3) is 0 Å². The number of nitrogens with zero attached hydrogens (tertiary/aromatic N) is 1. The van der Waals surface area contributed by atoms with Crippen molar-refractivity contribution in [3.05, 3.63) is 25.6 Å². The second-order valence-corrected chi connectivity index (χ2v) is 3.17. The molecule has 0 saturated carbocycles. The number of amides is 2. The largest absolute Gasteiger partial charge is 0.333 e. The van der Waals surface area contributed by atoms with Crippen LogP contribution in [0.4, 0.5) is 0 Å². The van der Waals surface area contributed by atoms with Crippen LogP contribution in [0.1, 0.15) is 25.7 Å². The molecule has 0 rings (SSSR count). The van der Waals surface area contributed by atoms with E-state index in [1.165, 1.54) is 17.3 Å². The second-order valence-electron chi connectivity index (χ2n) is 3.17. The highest BCUT2D eigenvalue weighted by atomic mass is 16.2. The van der Waals surface area contributed by atoms with Gasteiger partial charge in [0.1, 0.15) is 0 Å². The highest BCUT2D eigenvalue weighted by Gasteiger charge is 2.05. The van der Waals surface area contributed by atoms with Gasteiger partial charge in [0.15, 0.2) is 0 Å². The van der Waals surface area contributed by atoms with Crippen molar-refractivity contribution >= 4 is 11.8 Å². The normalized spacial score (nSPS) is 9.13. The zero-order chi connectivity index (χ0) is 11.7. The van der Waals surface area contributed by atoms with Gasteiger partial charge in [0.2, 0.25) is 11.8 Å². The van der Waals surface area contributed by atoms with E-state index in [9.17, 15) is 9.59 Å². The van der Waals surface area contributed by atoms with E-state index in [1.54, 1.807) is 7.05 Å². The predicted molar refractivity (Wildman–Crippen MR) is 59.8 cm³/mol. The van der Waals surface area contributed by atoms with Crippen LogP contribution in [-0.2, 0) is 9.59 Å². The molecular formula is C11H18N2O2. The fourth-order valence-corrected chi connectivity index (χ4v) is 1.03. The maximum atomic E-state index is 11.3. The van der Waals surface area contributed by atoms with E-state index in [1.807, 2.05) is 0 Å². The van der Waals surface area contributed by atoms with Gasteiger partial charge >= 0.3 is 0 Å². The first-order chi connectivity index (χ1) is 7.11. The molecule has 0 aliphatic heterocycles. The first kappa shape index (κ1) is 13.4. The van der Waals surface area contributed by atoms with Gasteiger partial charge in [-0.05, 0) is 25.2 Å². The fourth-order valence-electron chi connectivity index (χ4n) is 1.03. The standard InChI is InChI=1S/C11H18N2O2/c1-4-12-10(14)8-6-7-9-11(15)13(3)5-2/h4-5H,1-2,6-9H2,3H3,(H,12,14). The highest BCUT2D eigenvalue weighted by Crippen LogP contribution is 2.02. The van der Waals surface area contributed by atoms with Crippen LogP contribution < -0.4 is 5.32 Å². The molecule has 4 nitrogen and oxygen atoms in total. The first-order valence-electron chi connectivity index (χ1n) is 4.90. The molecule has 0 aromatic heterocycles. The lowest BCUT2D eigenvalue weighted by molar-refractivity contribution is -0.128. The number of rotatable bonds is 7. The van der Waals surface area contributed by atoms with Gasteiger partial charge in [0, 0.05) is 19.9 Å². The average molecular weight is 210 g/mol. The zero-order valence-electron chi connectivity index (χ0n) is 9.16. The van der Waals surface area contributed by atoms with Crippen LogP contribution in [0.15, 0.2) is 25.6 Å². The summed E-state index contributed by atoms with van der Waals surface area (Å²) >= 11 is 0. The Bertz CT molecular complexity index is 249. The molecule has 0 unspecified atom stereocenters. The summed E-state index contributed by atoms with van der Waals surface area (Å²) in [7, 11) is 1.67. The Morgan fingerprint density at radius 2 is 1.87 bits per heavy atom. The van der Waals surface area contributed by atoms with Crippen LogP contribution in [0, 0.1) is 0 Å². The van der Waals surface area contributed by atoms with Crippen molar-refractivity contribution in [3.8, 4) is 0 Å². The van der Waals surface area contributed by atoms with Crippen LogP contribution in [0.2, 0.25) is 0 Å². The Morgan fingerprint density at radius 1 is 1.27 bits per heavy atom. The Hall–Kier alpha value is -1.58. The number of nitrogens with one attached hydrogen (secondary N) is 1. The fraction of sp³-hybridized carbons (Fsp3) is 0.455. The number of carbonyl (C=O) groups excluding carboxylic acids is 2. The van der Waals surface area contributed by atoms with Gasteiger partial charge in [-0.15, -0.1) is 0 Å². The van der Waals surface area contributed by atoms with Gasteiger partial charge in [-0.25, -0.2) is 0 Å². The molecule has 1 N–H and O–H groups in total. The summed E-state index contributed by atoms with van der Waals surface area (Å²) in [4.78, 5) is 23.7. The number of hydrogen-bond donors (Lipinski definition) is 1. The number of carbonyl (C=O) groups is 2. The van der Waals surface area contributed by atoms with Gasteiger partial charge in [-0.3, -0.25) is 9.59 Å². The van der Waals surface area contributed by atoms with Crippen molar-refractivity contribution in [1.82, 2.24) is 10.2 Å². The van der Waals surface area contributed by atoms with Gasteiger partial charge in [0.05, 0.1) is 0 Å². The molecule has 84 valence electrons. The van der Waals surface area contributed by atoms with E-state index in [-0.39, 0.29) is 11.8 Å². The molecule has 15 heavy (non-hydrogen) atoms. The van der Waals surface area contributed by atoms with Gasteiger partial charge < -0.3 is 10.2 Å². The minimum Gasteiger partial charge on any atom is -0.333 e. The lowest BCUT2D eigenvalue weighted by Gasteiger charge is -2.10. The van der Waals surface area contributed by atoms with Crippen molar-refractivity contribution < 1.29 is 9.59 Å². The molecule has 0 atom stereocenters. The smallest absolute Gasteiger partial charge is 0.226 e. The molecule has 0 bridgehead atoms. The van der Waals surface area contributed by atoms with Crippen LogP contribution >= 0.6 is 0 Å². The van der Waals surface area contributed by atoms with E-state index in [2.05, 4.69) is 18.5 Å². The lowest BCUT2D eigenvalue weighted by Crippen LogP contribution is -2.20. The van der Waals surface area contributed by atoms with Crippen molar-refractivity contribution in [2.24, 2.45) is 0 Å². The maximum Gasteiger partial charge on any atom is 0.226 e. The van der Waals surface area contributed by atoms with Gasteiger partial charge in [-0.1, -0.05) is 13.2 Å². The Balaban J connectivity index is 3.54. The summed E-state index contributed by atoms with van der Waals surface area (Å²) in [5.74, 6) is -0.0383.